The summed E-state index contributed by atoms with van der Waals surface area (Å²) in [4.78, 5) is 27.2. The maximum atomic E-state index is 12.8. The molecule has 2 atom stereocenters. The maximum Gasteiger partial charge on any atom is 0.268 e. The smallest absolute Gasteiger partial charge is 0.268 e. The highest BCUT2D eigenvalue weighted by Crippen LogP contribution is 2.25. The summed E-state index contributed by atoms with van der Waals surface area (Å²) in [7, 11) is 0. The molecule has 1 aromatic heterocycles. The standard InChI is InChI=1S/C24H27BrN4O2.C2H6/c1-15(19-9-7-18(25)8-10-21(19)26)11-23(28-14-30)24(31)29-16(2)12-17-13-27-22-6-4-3-5-20(17)22;1-2/h3-7,9,11,13-14,16,21,27H,1,8,10,12,26H2,2H3,(H,28,30)(H,29,31);1-2H3/b23-11-;. The lowest BCUT2D eigenvalue weighted by atomic mass is 9.97. The zero-order chi connectivity index (χ0) is 24.4. The van der Waals surface area contributed by atoms with E-state index < -0.39 is 0 Å². The van der Waals surface area contributed by atoms with Gasteiger partial charge in [0.1, 0.15) is 5.70 Å². The van der Waals surface area contributed by atoms with Gasteiger partial charge >= 0.3 is 0 Å². The molecule has 33 heavy (non-hydrogen) atoms. The molecular formula is C26H33BrN4O2. The van der Waals surface area contributed by atoms with Gasteiger partial charge in [-0.25, -0.2) is 0 Å². The number of fused-ring (bicyclic) bond motifs is 1. The van der Waals surface area contributed by atoms with Crippen LogP contribution in [0.3, 0.4) is 0 Å². The van der Waals surface area contributed by atoms with Gasteiger partial charge in [0.25, 0.3) is 5.91 Å². The van der Waals surface area contributed by atoms with Crippen LogP contribution in [0.2, 0.25) is 0 Å². The number of nitrogens with two attached hydrogens (primary N) is 1. The van der Waals surface area contributed by atoms with E-state index in [1.165, 1.54) is 0 Å². The second-order valence-corrected chi connectivity index (χ2v) is 8.68. The Hall–Kier alpha value is -2.90. The predicted octanol–water partition coefficient (Wildman–Crippen LogP) is 4.75. The Balaban J connectivity index is 0.00000187. The minimum Gasteiger partial charge on any atom is -0.361 e. The molecule has 1 heterocycles. The largest absolute Gasteiger partial charge is 0.361 e. The molecule has 1 aliphatic rings. The van der Waals surface area contributed by atoms with Gasteiger partial charge in [0, 0.05) is 29.2 Å². The fourth-order valence-electron chi connectivity index (χ4n) is 3.66. The van der Waals surface area contributed by atoms with Crippen LogP contribution in [0, 0.1) is 0 Å². The van der Waals surface area contributed by atoms with Gasteiger partial charge in [-0.15, -0.1) is 0 Å². The molecule has 1 aliphatic carbocycles. The normalized spacial score (nSPS) is 17.0. The Bertz CT molecular complexity index is 1080. The number of carbonyl (C=O) groups is 2. The van der Waals surface area contributed by atoms with Crippen LogP contribution in [0.5, 0.6) is 0 Å². The van der Waals surface area contributed by atoms with Crippen LogP contribution < -0.4 is 16.4 Å². The molecular weight excluding hydrogens is 480 g/mol. The average Bonchev–Trinajstić information content (AvgIpc) is 3.12. The summed E-state index contributed by atoms with van der Waals surface area (Å²) in [6.45, 7) is 9.99. The van der Waals surface area contributed by atoms with E-state index in [1.54, 1.807) is 6.08 Å². The van der Waals surface area contributed by atoms with Crippen LogP contribution >= 0.6 is 15.9 Å². The van der Waals surface area contributed by atoms with Gasteiger partial charge in [-0.05, 0) is 59.5 Å². The number of H-pyrrole nitrogens is 1. The highest BCUT2D eigenvalue weighted by molar-refractivity contribution is 9.11. The number of aromatic nitrogens is 1. The zero-order valence-electron chi connectivity index (χ0n) is 19.5. The van der Waals surface area contributed by atoms with Crippen molar-refractivity contribution in [2.24, 2.45) is 5.73 Å². The first-order valence-electron chi connectivity index (χ1n) is 11.2. The average molecular weight is 513 g/mol. The van der Waals surface area contributed by atoms with Gasteiger partial charge in [-0.2, -0.15) is 0 Å². The van der Waals surface area contributed by atoms with Gasteiger partial charge in [0.2, 0.25) is 6.41 Å². The predicted molar refractivity (Wildman–Crippen MR) is 140 cm³/mol. The van der Waals surface area contributed by atoms with Crippen molar-refractivity contribution < 1.29 is 9.59 Å². The molecule has 1 aromatic carbocycles. The second kappa shape index (κ2) is 13.0. The topological polar surface area (TPSA) is 100 Å². The summed E-state index contributed by atoms with van der Waals surface area (Å²) in [6, 6.07) is 7.70. The van der Waals surface area contributed by atoms with Crippen molar-refractivity contribution >= 4 is 39.2 Å². The summed E-state index contributed by atoms with van der Waals surface area (Å²) < 4.78 is 1.06. The summed E-state index contributed by atoms with van der Waals surface area (Å²) in [6.07, 6.45) is 10.1. The van der Waals surface area contributed by atoms with Gasteiger partial charge in [0.05, 0.1) is 0 Å². The number of hydrogen-bond acceptors (Lipinski definition) is 3. The monoisotopic (exact) mass is 512 g/mol. The molecule has 0 bridgehead atoms. The molecule has 0 spiro atoms. The number of aromatic amines is 1. The number of hydrogen-bond donors (Lipinski definition) is 4. The molecule has 7 heteroatoms. The van der Waals surface area contributed by atoms with Crippen LogP contribution in [-0.4, -0.2) is 29.4 Å². The summed E-state index contributed by atoms with van der Waals surface area (Å²) in [5, 5.41) is 6.58. The Morgan fingerprint density at radius 1 is 1.33 bits per heavy atom. The van der Waals surface area contributed by atoms with Crippen molar-refractivity contribution in [3.63, 3.8) is 0 Å². The molecule has 0 radical (unpaired) electrons. The minimum absolute atomic E-state index is 0.131. The van der Waals surface area contributed by atoms with E-state index in [0.717, 1.165) is 39.4 Å². The van der Waals surface area contributed by atoms with Crippen LogP contribution in [-0.2, 0) is 16.0 Å². The second-order valence-electron chi connectivity index (χ2n) is 7.66. The van der Waals surface area contributed by atoms with Crippen LogP contribution in [0.4, 0.5) is 0 Å². The Morgan fingerprint density at radius 2 is 2.06 bits per heavy atom. The Labute approximate surface area is 204 Å². The number of nitrogens with one attached hydrogen (secondary N) is 3. The molecule has 2 amide bonds. The molecule has 3 rings (SSSR count). The third-order valence-electron chi connectivity index (χ3n) is 5.26. The summed E-state index contributed by atoms with van der Waals surface area (Å²) >= 11 is 3.50. The fraction of sp³-hybridized carbons (Fsp3) is 0.308. The van der Waals surface area contributed by atoms with Crippen LogP contribution in [0.15, 0.2) is 76.6 Å². The lowest BCUT2D eigenvalue weighted by Gasteiger charge is -2.17. The molecule has 0 saturated carbocycles. The van der Waals surface area contributed by atoms with Gasteiger partial charge in [-0.1, -0.05) is 66.7 Å². The first-order chi connectivity index (χ1) is 15.9. The highest BCUT2D eigenvalue weighted by Gasteiger charge is 2.18. The van der Waals surface area contributed by atoms with Crippen molar-refractivity contribution in [2.45, 2.75) is 52.1 Å². The zero-order valence-corrected chi connectivity index (χ0v) is 21.0. The van der Waals surface area contributed by atoms with Gasteiger partial charge in [0.15, 0.2) is 0 Å². The molecule has 2 aromatic rings. The van der Waals surface area contributed by atoms with E-state index in [2.05, 4.69) is 44.2 Å². The lowest BCUT2D eigenvalue weighted by Crippen LogP contribution is -2.38. The summed E-state index contributed by atoms with van der Waals surface area (Å²) in [5.41, 5.74) is 10.00. The van der Waals surface area contributed by atoms with E-state index in [0.29, 0.717) is 18.4 Å². The van der Waals surface area contributed by atoms with Crippen molar-refractivity contribution in [2.75, 3.05) is 0 Å². The first kappa shape index (κ1) is 26.4. The summed E-state index contributed by atoms with van der Waals surface area (Å²) in [5.74, 6) is -0.375. The quantitative estimate of drug-likeness (QED) is 0.233. The molecule has 5 N–H and O–H groups in total. The number of allylic oxidation sites excluding steroid dienone is 4. The molecule has 0 saturated heterocycles. The van der Waals surface area contributed by atoms with Crippen molar-refractivity contribution in [1.82, 2.24) is 15.6 Å². The Morgan fingerprint density at radius 3 is 2.79 bits per heavy atom. The number of carbonyl (C=O) groups excluding carboxylic acids is 2. The van der Waals surface area contributed by atoms with E-state index in [9.17, 15) is 9.59 Å². The molecule has 2 unspecified atom stereocenters. The third kappa shape index (κ3) is 7.30. The molecule has 0 fully saturated rings. The number of halogens is 1. The van der Waals surface area contributed by atoms with Crippen molar-refractivity contribution in [1.29, 1.82) is 0 Å². The minimum atomic E-state index is -0.375. The highest BCUT2D eigenvalue weighted by atomic mass is 79.9. The number of benzene rings is 1. The SMILES string of the molecule is C=C(/C=C(\NC=O)C(=O)NC(C)Cc1c[nH]c2ccccc12)C1=CC=C(Br)CCC1N.CC. The van der Waals surface area contributed by atoms with Crippen LogP contribution in [0.1, 0.15) is 39.2 Å². The number of amides is 2. The molecule has 176 valence electrons. The first-order valence-corrected chi connectivity index (χ1v) is 12.0. The van der Waals surface area contributed by atoms with Gasteiger partial charge in [-0.3, -0.25) is 9.59 Å². The van der Waals surface area contributed by atoms with E-state index in [1.807, 2.05) is 57.3 Å². The maximum absolute atomic E-state index is 12.8. The van der Waals surface area contributed by atoms with E-state index in [-0.39, 0.29) is 23.7 Å². The molecule has 6 nitrogen and oxygen atoms in total. The van der Waals surface area contributed by atoms with Crippen molar-refractivity contribution in [3.8, 4) is 0 Å². The van der Waals surface area contributed by atoms with E-state index >= 15 is 0 Å². The van der Waals surface area contributed by atoms with Crippen molar-refractivity contribution in [3.05, 3.63) is 82.2 Å². The fourth-order valence-corrected chi connectivity index (χ4v) is 4.02. The van der Waals surface area contributed by atoms with Crippen LogP contribution in [0.25, 0.3) is 10.9 Å². The van der Waals surface area contributed by atoms with Gasteiger partial charge < -0.3 is 21.4 Å². The Kier molecular flexibility index (Phi) is 10.4. The number of rotatable bonds is 8. The lowest BCUT2D eigenvalue weighted by molar-refractivity contribution is -0.119. The number of para-hydroxylation sites is 1. The van der Waals surface area contributed by atoms with E-state index in [4.69, 9.17) is 5.73 Å². The molecule has 0 aliphatic heterocycles. The third-order valence-corrected chi connectivity index (χ3v) is 5.93.